The second-order valence-corrected chi connectivity index (χ2v) is 6.43. The van der Waals surface area contributed by atoms with Crippen LogP contribution in [0.3, 0.4) is 0 Å². The molecule has 130 valence electrons. The number of rotatable bonds is 4. The molecule has 3 aromatic carbocycles. The lowest BCUT2D eigenvalue weighted by molar-refractivity contribution is -0.140. The maximum atomic E-state index is 11.9. The van der Waals surface area contributed by atoms with Gasteiger partial charge in [0.05, 0.1) is 11.7 Å². The van der Waals surface area contributed by atoms with Crippen molar-refractivity contribution in [1.82, 2.24) is 0 Å². The molecule has 0 unspecified atom stereocenters. The number of anilines is 1. The van der Waals surface area contributed by atoms with Gasteiger partial charge in [-0.1, -0.05) is 54.6 Å². The molecule has 0 amide bonds. The van der Waals surface area contributed by atoms with Crippen LogP contribution in [-0.4, -0.2) is 17.2 Å². The van der Waals surface area contributed by atoms with Crippen molar-refractivity contribution in [2.24, 2.45) is 0 Å². The monoisotopic (exact) mass is 345 g/mol. The number of nitrogens with one attached hydrogen (secondary N) is 1. The highest BCUT2D eigenvalue weighted by Gasteiger charge is 2.32. The fourth-order valence-corrected chi connectivity index (χ4v) is 3.35. The number of hydrogen-bond donors (Lipinski definition) is 2. The predicted octanol–water partition coefficient (Wildman–Crippen LogP) is 4.57. The highest BCUT2D eigenvalue weighted by Crippen LogP contribution is 2.35. The number of para-hydroxylation sites is 2. The molecule has 2 N–H and O–H groups in total. The number of ether oxygens (including phenoxy) is 1. The summed E-state index contributed by atoms with van der Waals surface area (Å²) in [5, 5.41) is 15.7. The summed E-state index contributed by atoms with van der Waals surface area (Å²) in [7, 11) is 0. The van der Waals surface area contributed by atoms with Crippen LogP contribution in [0.1, 0.15) is 18.5 Å². The van der Waals surface area contributed by atoms with Gasteiger partial charge in [0.2, 0.25) is 0 Å². The lowest BCUT2D eigenvalue weighted by Crippen LogP contribution is -2.25. The van der Waals surface area contributed by atoms with Gasteiger partial charge in [0, 0.05) is 5.57 Å². The van der Waals surface area contributed by atoms with E-state index in [4.69, 9.17) is 4.74 Å². The van der Waals surface area contributed by atoms with Crippen molar-refractivity contribution in [2.75, 3.05) is 5.32 Å². The average molecular weight is 345 g/mol. The third kappa shape index (κ3) is 2.90. The molecule has 1 aliphatic heterocycles. The minimum absolute atomic E-state index is 0.155. The van der Waals surface area contributed by atoms with Crippen molar-refractivity contribution in [3.63, 3.8) is 0 Å². The average Bonchev–Trinajstić information content (AvgIpc) is 2.99. The van der Waals surface area contributed by atoms with Crippen molar-refractivity contribution in [3.05, 3.63) is 83.9 Å². The number of fused-ring (bicyclic) bond motifs is 1. The lowest BCUT2D eigenvalue weighted by atomic mass is 9.94. The number of cyclic esters (lactones) is 1. The van der Waals surface area contributed by atoms with E-state index in [-0.39, 0.29) is 17.8 Å². The number of phenolic OH excluding ortho intramolecular Hbond substituents is 1. The Morgan fingerprint density at radius 2 is 1.73 bits per heavy atom. The Kier molecular flexibility index (Phi) is 4.09. The molecule has 0 aromatic heterocycles. The van der Waals surface area contributed by atoms with Gasteiger partial charge < -0.3 is 15.2 Å². The Morgan fingerprint density at radius 3 is 2.50 bits per heavy atom. The summed E-state index contributed by atoms with van der Waals surface area (Å²) in [6, 6.07) is 20.9. The van der Waals surface area contributed by atoms with Crippen molar-refractivity contribution in [3.8, 4) is 5.75 Å². The molecule has 0 aliphatic carbocycles. The first-order chi connectivity index (χ1) is 12.6. The molecular formula is C22H19NO3. The molecule has 3 aromatic rings. The molecule has 0 radical (unpaired) electrons. The number of carbonyl (C=O) groups is 1. The van der Waals surface area contributed by atoms with E-state index in [1.807, 2.05) is 36.4 Å². The number of esters is 1. The molecule has 0 spiro atoms. The number of hydrogen-bond acceptors (Lipinski definition) is 4. The van der Waals surface area contributed by atoms with Crippen LogP contribution >= 0.6 is 0 Å². The molecule has 0 saturated heterocycles. The first kappa shape index (κ1) is 16.2. The number of benzene rings is 3. The van der Waals surface area contributed by atoms with E-state index >= 15 is 0 Å². The zero-order valence-corrected chi connectivity index (χ0v) is 14.3. The Bertz CT molecular complexity index is 1000. The Balaban J connectivity index is 1.82. The summed E-state index contributed by atoms with van der Waals surface area (Å²) in [6.07, 6.45) is 1.38. The van der Waals surface area contributed by atoms with Gasteiger partial charge in [-0.3, -0.25) is 0 Å². The molecule has 0 saturated carbocycles. The second kappa shape index (κ2) is 6.56. The van der Waals surface area contributed by atoms with Crippen molar-refractivity contribution in [2.45, 2.75) is 19.1 Å². The van der Waals surface area contributed by atoms with Crippen LogP contribution in [0, 0.1) is 0 Å². The topological polar surface area (TPSA) is 58.6 Å². The zero-order valence-electron chi connectivity index (χ0n) is 14.3. The van der Waals surface area contributed by atoms with E-state index in [0.717, 1.165) is 16.3 Å². The summed E-state index contributed by atoms with van der Waals surface area (Å²) in [5.74, 6) is -0.151. The SMILES string of the molecule is CC1=C[C@H]([C@@H](Nc2ccccc2O)c2cccc3ccccc23)OC1=O. The van der Waals surface area contributed by atoms with E-state index in [0.29, 0.717) is 11.3 Å². The summed E-state index contributed by atoms with van der Waals surface area (Å²) in [4.78, 5) is 11.9. The van der Waals surface area contributed by atoms with Crippen LogP contribution in [0.4, 0.5) is 5.69 Å². The molecule has 4 rings (SSSR count). The molecule has 4 nitrogen and oxygen atoms in total. The summed E-state index contributed by atoms with van der Waals surface area (Å²) in [5.41, 5.74) is 2.20. The molecule has 4 heteroatoms. The summed E-state index contributed by atoms with van der Waals surface area (Å²) >= 11 is 0. The standard InChI is InChI=1S/C22H19NO3/c1-14-13-20(26-22(14)25)21(23-18-11-4-5-12-19(18)24)17-10-6-8-15-7-2-3-9-16(15)17/h2-13,20-21,23-24H,1H3/t20-,21+/m1/s1. The minimum Gasteiger partial charge on any atom is -0.506 e. The van der Waals surface area contributed by atoms with Gasteiger partial charge in [0.25, 0.3) is 0 Å². The van der Waals surface area contributed by atoms with Crippen LogP contribution in [-0.2, 0) is 9.53 Å². The van der Waals surface area contributed by atoms with Crippen molar-refractivity contribution < 1.29 is 14.6 Å². The molecule has 1 aliphatic rings. The highest BCUT2D eigenvalue weighted by molar-refractivity contribution is 5.91. The van der Waals surface area contributed by atoms with E-state index in [1.165, 1.54) is 0 Å². The van der Waals surface area contributed by atoms with Gasteiger partial charge in [-0.2, -0.15) is 0 Å². The normalized spacial score (nSPS) is 17.7. The van der Waals surface area contributed by atoms with Gasteiger partial charge in [-0.05, 0) is 41.5 Å². The van der Waals surface area contributed by atoms with Gasteiger partial charge in [-0.25, -0.2) is 4.79 Å². The Labute approximate surface area is 151 Å². The Hall–Kier alpha value is -3.27. The van der Waals surface area contributed by atoms with Gasteiger partial charge in [0.1, 0.15) is 11.9 Å². The second-order valence-electron chi connectivity index (χ2n) is 6.43. The largest absolute Gasteiger partial charge is 0.506 e. The van der Waals surface area contributed by atoms with Gasteiger partial charge in [-0.15, -0.1) is 0 Å². The van der Waals surface area contributed by atoms with Crippen LogP contribution in [0.2, 0.25) is 0 Å². The van der Waals surface area contributed by atoms with Crippen LogP contribution in [0.15, 0.2) is 78.4 Å². The first-order valence-electron chi connectivity index (χ1n) is 8.55. The number of carbonyl (C=O) groups excluding carboxylic acids is 1. The minimum atomic E-state index is -0.451. The van der Waals surface area contributed by atoms with Crippen molar-refractivity contribution >= 4 is 22.4 Å². The fraction of sp³-hybridized carbons (Fsp3) is 0.136. The smallest absolute Gasteiger partial charge is 0.334 e. The maximum Gasteiger partial charge on any atom is 0.334 e. The van der Waals surface area contributed by atoms with Crippen LogP contribution in [0.5, 0.6) is 5.75 Å². The van der Waals surface area contributed by atoms with Crippen LogP contribution < -0.4 is 5.32 Å². The first-order valence-corrected chi connectivity index (χ1v) is 8.55. The molecule has 0 fully saturated rings. The quantitative estimate of drug-likeness (QED) is 0.537. The van der Waals surface area contributed by atoms with Crippen molar-refractivity contribution in [1.29, 1.82) is 0 Å². The lowest BCUT2D eigenvalue weighted by Gasteiger charge is -2.26. The van der Waals surface area contributed by atoms with Gasteiger partial charge in [0.15, 0.2) is 0 Å². The molecule has 0 bridgehead atoms. The summed E-state index contributed by atoms with van der Waals surface area (Å²) < 4.78 is 5.58. The van der Waals surface area contributed by atoms with E-state index in [1.54, 1.807) is 25.1 Å². The molecule has 1 heterocycles. The third-order valence-electron chi connectivity index (χ3n) is 4.68. The van der Waals surface area contributed by atoms with Crippen LogP contribution in [0.25, 0.3) is 10.8 Å². The van der Waals surface area contributed by atoms with E-state index in [2.05, 4.69) is 23.5 Å². The third-order valence-corrected chi connectivity index (χ3v) is 4.68. The van der Waals surface area contributed by atoms with E-state index in [9.17, 15) is 9.90 Å². The highest BCUT2D eigenvalue weighted by atomic mass is 16.5. The molecule has 26 heavy (non-hydrogen) atoms. The Morgan fingerprint density at radius 1 is 1.00 bits per heavy atom. The zero-order chi connectivity index (χ0) is 18.1. The predicted molar refractivity (Wildman–Crippen MR) is 102 cm³/mol. The number of phenols is 1. The maximum absolute atomic E-state index is 11.9. The fourth-order valence-electron chi connectivity index (χ4n) is 3.35. The van der Waals surface area contributed by atoms with Gasteiger partial charge >= 0.3 is 5.97 Å². The number of aromatic hydroxyl groups is 1. The molecule has 2 atom stereocenters. The van der Waals surface area contributed by atoms with E-state index < -0.39 is 6.10 Å². The molecular weight excluding hydrogens is 326 g/mol. The summed E-state index contributed by atoms with van der Waals surface area (Å²) in [6.45, 7) is 1.75.